The van der Waals surface area contributed by atoms with Gasteiger partial charge in [0.15, 0.2) is 0 Å². The Morgan fingerprint density at radius 1 is 1.38 bits per heavy atom. The van der Waals surface area contributed by atoms with E-state index in [1.807, 2.05) is 25.1 Å². The molecule has 0 fully saturated rings. The Hall–Kier alpha value is -1.20. The molecule has 0 saturated carbocycles. The van der Waals surface area contributed by atoms with E-state index in [-0.39, 0.29) is 11.9 Å². The number of amides is 1. The molecular formula is C16H26N2O2S. The van der Waals surface area contributed by atoms with Crippen LogP contribution in [0.3, 0.4) is 0 Å². The summed E-state index contributed by atoms with van der Waals surface area (Å²) < 4.78 is 5.33. The summed E-state index contributed by atoms with van der Waals surface area (Å²) in [6.45, 7) is 4.74. The Bertz CT molecular complexity index is 438. The highest BCUT2D eigenvalue weighted by Gasteiger charge is 2.09. The molecule has 21 heavy (non-hydrogen) atoms. The van der Waals surface area contributed by atoms with Crippen molar-refractivity contribution >= 4 is 17.7 Å². The van der Waals surface area contributed by atoms with Gasteiger partial charge in [-0.3, -0.25) is 4.79 Å². The average Bonchev–Trinajstić information content (AvgIpc) is 2.49. The van der Waals surface area contributed by atoms with Crippen molar-refractivity contribution in [1.29, 1.82) is 0 Å². The van der Waals surface area contributed by atoms with Crippen LogP contribution in [0.2, 0.25) is 0 Å². The molecule has 0 aliphatic heterocycles. The van der Waals surface area contributed by atoms with E-state index in [1.54, 1.807) is 18.9 Å². The van der Waals surface area contributed by atoms with Gasteiger partial charge in [-0.2, -0.15) is 0 Å². The smallest absolute Gasteiger partial charge is 0.220 e. The number of hydrogen-bond acceptors (Lipinski definition) is 4. The monoisotopic (exact) mass is 310 g/mol. The summed E-state index contributed by atoms with van der Waals surface area (Å²) in [6, 6.07) is 8.06. The van der Waals surface area contributed by atoms with Crippen molar-refractivity contribution in [2.75, 3.05) is 19.4 Å². The minimum absolute atomic E-state index is 0.0780. The zero-order chi connectivity index (χ0) is 15.7. The van der Waals surface area contributed by atoms with Gasteiger partial charge in [-0.15, -0.1) is 11.8 Å². The van der Waals surface area contributed by atoms with E-state index in [0.29, 0.717) is 18.9 Å². The lowest BCUT2D eigenvalue weighted by atomic mass is 10.2. The molecule has 0 spiro atoms. The third-order valence-corrected chi connectivity index (χ3v) is 4.45. The molecule has 0 bridgehead atoms. The second-order valence-corrected chi connectivity index (χ2v) is 6.45. The van der Waals surface area contributed by atoms with E-state index in [0.717, 1.165) is 22.8 Å². The van der Waals surface area contributed by atoms with Crippen LogP contribution in [-0.4, -0.2) is 31.4 Å². The number of carbonyl (C=O) groups excluding carboxylic acids is 1. The van der Waals surface area contributed by atoms with Crippen LogP contribution in [0.1, 0.15) is 26.7 Å². The van der Waals surface area contributed by atoms with Crippen molar-refractivity contribution in [3.63, 3.8) is 0 Å². The molecule has 0 heterocycles. The van der Waals surface area contributed by atoms with Gasteiger partial charge >= 0.3 is 0 Å². The van der Waals surface area contributed by atoms with Gasteiger partial charge in [0.1, 0.15) is 5.75 Å². The summed E-state index contributed by atoms with van der Waals surface area (Å²) in [5.41, 5.74) is 5.64. The van der Waals surface area contributed by atoms with Crippen LogP contribution >= 0.6 is 11.8 Å². The van der Waals surface area contributed by atoms with Crippen LogP contribution in [0.15, 0.2) is 29.2 Å². The van der Waals surface area contributed by atoms with Crippen molar-refractivity contribution in [1.82, 2.24) is 5.32 Å². The minimum Gasteiger partial charge on any atom is -0.496 e. The van der Waals surface area contributed by atoms with Crippen molar-refractivity contribution in [3.8, 4) is 5.75 Å². The van der Waals surface area contributed by atoms with Crippen molar-refractivity contribution in [3.05, 3.63) is 24.3 Å². The summed E-state index contributed by atoms with van der Waals surface area (Å²) in [4.78, 5) is 12.8. The van der Waals surface area contributed by atoms with Crippen LogP contribution in [0.4, 0.5) is 0 Å². The number of ether oxygens (including phenoxy) is 1. The van der Waals surface area contributed by atoms with Gasteiger partial charge in [0.25, 0.3) is 0 Å². The molecule has 2 unspecified atom stereocenters. The number of thioether (sulfide) groups is 1. The third kappa shape index (κ3) is 7.39. The summed E-state index contributed by atoms with van der Waals surface area (Å²) in [7, 11) is 1.68. The molecule has 0 aliphatic carbocycles. The van der Waals surface area contributed by atoms with E-state index in [2.05, 4.69) is 18.3 Å². The molecule has 3 N–H and O–H groups in total. The quantitative estimate of drug-likeness (QED) is 0.688. The standard InChI is InChI=1S/C16H26N2O2S/c1-12(10-18-16(19)9-8-13(2)17)11-21-15-7-5-4-6-14(15)20-3/h4-7,12-13H,8-11,17H2,1-3H3,(H,18,19). The van der Waals surface area contributed by atoms with Gasteiger partial charge in [-0.25, -0.2) is 0 Å². The zero-order valence-electron chi connectivity index (χ0n) is 13.1. The summed E-state index contributed by atoms with van der Waals surface area (Å²) in [5.74, 6) is 2.32. The second-order valence-electron chi connectivity index (χ2n) is 5.39. The Balaban J connectivity index is 2.27. The normalized spacial score (nSPS) is 13.5. The molecule has 1 amide bonds. The van der Waals surface area contributed by atoms with Gasteiger partial charge in [0.2, 0.25) is 5.91 Å². The maximum atomic E-state index is 11.6. The van der Waals surface area contributed by atoms with Gasteiger partial charge in [0, 0.05) is 29.7 Å². The second kappa shape index (κ2) is 9.68. The number of hydrogen-bond donors (Lipinski definition) is 2. The zero-order valence-corrected chi connectivity index (χ0v) is 13.9. The number of para-hydroxylation sites is 1. The average molecular weight is 310 g/mol. The third-order valence-electron chi connectivity index (χ3n) is 3.07. The van der Waals surface area contributed by atoms with Crippen LogP contribution in [-0.2, 0) is 4.79 Å². The fraction of sp³-hybridized carbons (Fsp3) is 0.562. The van der Waals surface area contributed by atoms with Crippen LogP contribution in [0.5, 0.6) is 5.75 Å². The Morgan fingerprint density at radius 3 is 2.76 bits per heavy atom. The SMILES string of the molecule is COc1ccccc1SCC(C)CNC(=O)CCC(C)N. The first-order valence-electron chi connectivity index (χ1n) is 7.31. The van der Waals surface area contributed by atoms with Gasteiger partial charge in [0.05, 0.1) is 7.11 Å². The molecule has 1 aromatic rings. The van der Waals surface area contributed by atoms with E-state index < -0.39 is 0 Å². The Labute approximate surface area is 131 Å². The lowest BCUT2D eigenvalue weighted by molar-refractivity contribution is -0.121. The number of rotatable bonds is 9. The lowest BCUT2D eigenvalue weighted by Crippen LogP contribution is -2.30. The number of methoxy groups -OCH3 is 1. The molecule has 4 nitrogen and oxygen atoms in total. The van der Waals surface area contributed by atoms with Crippen LogP contribution in [0.25, 0.3) is 0 Å². The van der Waals surface area contributed by atoms with E-state index in [4.69, 9.17) is 10.5 Å². The van der Waals surface area contributed by atoms with Crippen molar-refractivity contribution in [2.45, 2.75) is 37.6 Å². The van der Waals surface area contributed by atoms with Crippen LogP contribution < -0.4 is 15.8 Å². The molecule has 5 heteroatoms. The molecule has 0 aliphatic rings. The molecule has 0 saturated heterocycles. The van der Waals surface area contributed by atoms with Crippen molar-refractivity contribution < 1.29 is 9.53 Å². The maximum absolute atomic E-state index is 11.6. The fourth-order valence-electron chi connectivity index (χ4n) is 1.76. The molecular weight excluding hydrogens is 284 g/mol. The first-order valence-corrected chi connectivity index (χ1v) is 8.29. The van der Waals surface area contributed by atoms with E-state index >= 15 is 0 Å². The summed E-state index contributed by atoms with van der Waals surface area (Å²) in [5, 5.41) is 2.96. The first kappa shape index (κ1) is 17.9. The first-order chi connectivity index (χ1) is 10.0. The Kier molecular flexibility index (Phi) is 8.23. The summed E-state index contributed by atoms with van der Waals surface area (Å²) >= 11 is 1.75. The predicted octanol–water partition coefficient (Wildman–Crippen LogP) is 2.67. The van der Waals surface area contributed by atoms with Crippen LogP contribution in [0, 0.1) is 5.92 Å². The van der Waals surface area contributed by atoms with E-state index in [9.17, 15) is 4.79 Å². The fourth-order valence-corrected chi connectivity index (χ4v) is 2.81. The highest BCUT2D eigenvalue weighted by molar-refractivity contribution is 7.99. The minimum atomic E-state index is 0.0780. The number of carbonyl (C=O) groups is 1. The predicted molar refractivity (Wildman–Crippen MR) is 88.8 cm³/mol. The van der Waals surface area contributed by atoms with Gasteiger partial charge < -0.3 is 15.8 Å². The highest BCUT2D eigenvalue weighted by Crippen LogP contribution is 2.29. The van der Waals surface area contributed by atoms with Gasteiger partial charge in [-0.1, -0.05) is 19.1 Å². The van der Waals surface area contributed by atoms with Crippen molar-refractivity contribution in [2.24, 2.45) is 11.7 Å². The largest absolute Gasteiger partial charge is 0.496 e. The Morgan fingerprint density at radius 2 is 2.10 bits per heavy atom. The molecule has 1 rings (SSSR count). The molecule has 118 valence electrons. The van der Waals surface area contributed by atoms with Gasteiger partial charge in [-0.05, 0) is 31.4 Å². The molecule has 0 radical (unpaired) electrons. The number of benzene rings is 1. The topological polar surface area (TPSA) is 64.3 Å². The highest BCUT2D eigenvalue weighted by atomic mass is 32.2. The lowest BCUT2D eigenvalue weighted by Gasteiger charge is -2.14. The number of nitrogens with two attached hydrogens (primary N) is 1. The summed E-state index contributed by atoms with van der Waals surface area (Å²) in [6.07, 6.45) is 1.24. The molecule has 2 atom stereocenters. The molecule has 0 aromatic heterocycles. The van der Waals surface area contributed by atoms with E-state index in [1.165, 1.54) is 0 Å². The maximum Gasteiger partial charge on any atom is 0.220 e. The molecule has 1 aromatic carbocycles. The number of nitrogens with one attached hydrogen (secondary N) is 1.